The second-order valence-electron chi connectivity index (χ2n) is 5.20. The molecular weight excluding hydrogens is 264 g/mol. The highest BCUT2D eigenvalue weighted by Gasteiger charge is 2.21. The van der Waals surface area contributed by atoms with Crippen LogP contribution < -0.4 is 10.1 Å². The van der Waals surface area contributed by atoms with Gasteiger partial charge in [-0.2, -0.15) is 0 Å². The van der Waals surface area contributed by atoms with E-state index in [1.165, 1.54) is 0 Å². The molecule has 0 aromatic heterocycles. The van der Waals surface area contributed by atoms with Crippen LogP contribution in [0.25, 0.3) is 0 Å². The third-order valence-corrected chi connectivity index (χ3v) is 3.13. The van der Waals surface area contributed by atoms with Crippen LogP contribution in [-0.2, 0) is 0 Å². The maximum atomic E-state index is 13.0. The normalized spacial score (nSPS) is 14.1. The number of aliphatic hydroxyl groups excluding tert-OH is 1. The molecule has 0 aliphatic rings. The molecule has 0 heterocycles. The molecule has 0 bridgehead atoms. The molecule has 0 radical (unpaired) electrons. The zero-order valence-corrected chi connectivity index (χ0v) is 12.1. The van der Waals surface area contributed by atoms with Gasteiger partial charge < -0.3 is 15.2 Å². The quantitative estimate of drug-likeness (QED) is 0.686. The summed E-state index contributed by atoms with van der Waals surface area (Å²) in [7, 11) is 0. The molecule has 1 rings (SSSR count). The molecular formula is C15H23F2NO2. The Bertz CT molecular complexity index is 395. The van der Waals surface area contributed by atoms with Crippen LogP contribution in [-0.4, -0.2) is 30.4 Å². The van der Waals surface area contributed by atoms with Gasteiger partial charge in [0.1, 0.15) is 17.4 Å². The molecule has 114 valence electrons. The van der Waals surface area contributed by atoms with E-state index in [0.29, 0.717) is 13.0 Å². The highest BCUT2D eigenvalue weighted by Crippen LogP contribution is 2.17. The average Bonchev–Trinajstić information content (AvgIpc) is 2.40. The van der Waals surface area contributed by atoms with Crippen molar-refractivity contribution in [3.8, 4) is 5.75 Å². The molecule has 0 saturated carbocycles. The topological polar surface area (TPSA) is 41.5 Å². The maximum absolute atomic E-state index is 13.0. The molecule has 1 aromatic carbocycles. The number of hydrogen-bond acceptors (Lipinski definition) is 3. The first-order valence-corrected chi connectivity index (χ1v) is 6.94. The number of ether oxygens (including phenoxy) is 1. The van der Waals surface area contributed by atoms with Crippen molar-refractivity contribution in [2.24, 2.45) is 0 Å². The Kier molecular flexibility index (Phi) is 6.88. The first kappa shape index (κ1) is 16.9. The molecule has 1 atom stereocenters. The van der Waals surface area contributed by atoms with E-state index in [0.717, 1.165) is 37.6 Å². The van der Waals surface area contributed by atoms with Gasteiger partial charge in [0.05, 0.1) is 13.2 Å². The van der Waals surface area contributed by atoms with Gasteiger partial charge in [0.2, 0.25) is 0 Å². The molecule has 1 unspecified atom stereocenters. The van der Waals surface area contributed by atoms with Crippen molar-refractivity contribution in [2.45, 2.75) is 38.6 Å². The first-order valence-electron chi connectivity index (χ1n) is 6.94. The van der Waals surface area contributed by atoms with Crippen LogP contribution >= 0.6 is 0 Å². The Balaban J connectivity index is 2.36. The summed E-state index contributed by atoms with van der Waals surface area (Å²) >= 11 is 0. The number of nitrogens with one attached hydrogen (secondary N) is 1. The van der Waals surface area contributed by atoms with Crippen LogP contribution in [0.1, 0.15) is 33.1 Å². The number of benzene rings is 1. The molecule has 0 saturated heterocycles. The molecule has 20 heavy (non-hydrogen) atoms. The summed E-state index contributed by atoms with van der Waals surface area (Å²) in [5.41, 5.74) is -0.341. The summed E-state index contributed by atoms with van der Waals surface area (Å²) < 4.78 is 31.2. The summed E-state index contributed by atoms with van der Waals surface area (Å²) in [5.74, 6) is -1.11. The molecule has 2 N–H and O–H groups in total. The van der Waals surface area contributed by atoms with Gasteiger partial charge in [0.25, 0.3) is 0 Å². The molecule has 0 amide bonds. The van der Waals surface area contributed by atoms with Crippen LogP contribution in [0, 0.1) is 11.6 Å². The third kappa shape index (κ3) is 5.84. The van der Waals surface area contributed by atoms with Crippen LogP contribution in [0.5, 0.6) is 5.75 Å². The minimum absolute atomic E-state index is 0.0432. The Morgan fingerprint density at radius 3 is 2.45 bits per heavy atom. The van der Waals surface area contributed by atoms with Gasteiger partial charge in [-0.25, -0.2) is 8.78 Å². The Morgan fingerprint density at radius 1 is 1.25 bits per heavy atom. The fraction of sp³-hybridized carbons (Fsp3) is 0.600. The van der Waals surface area contributed by atoms with E-state index in [-0.39, 0.29) is 17.9 Å². The SMILES string of the molecule is CCCNC(C)(CO)CCCOc1cc(F)cc(F)c1. The van der Waals surface area contributed by atoms with E-state index in [2.05, 4.69) is 12.2 Å². The first-order chi connectivity index (χ1) is 9.49. The predicted molar refractivity (Wildman–Crippen MR) is 74.9 cm³/mol. The average molecular weight is 287 g/mol. The lowest BCUT2D eigenvalue weighted by molar-refractivity contribution is 0.156. The monoisotopic (exact) mass is 287 g/mol. The number of rotatable bonds is 9. The lowest BCUT2D eigenvalue weighted by Gasteiger charge is -2.28. The van der Waals surface area contributed by atoms with Crippen molar-refractivity contribution >= 4 is 0 Å². The lowest BCUT2D eigenvalue weighted by Crippen LogP contribution is -2.46. The largest absolute Gasteiger partial charge is 0.493 e. The van der Waals surface area contributed by atoms with Gasteiger partial charge >= 0.3 is 0 Å². The standard InChI is InChI=1S/C15H23F2NO2/c1-3-6-18-15(2,11-19)5-4-7-20-14-9-12(16)8-13(17)10-14/h8-10,18-19H,3-7,11H2,1-2H3. The summed E-state index contributed by atoms with van der Waals surface area (Å²) in [4.78, 5) is 0. The molecule has 0 fully saturated rings. The molecule has 0 spiro atoms. The summed E-state index contributed by atoms with van der Waals surface area (Å²) in [6, 6.07) is 3.12. The fourth-order valence-corrected chi connectivity index (χ4v) is 1.91. The van der Waals surface area contributed by atoms with Gasteiger partial charge in [-0.3, -0.25) is 0 Å². The van der Waals surface area contributed by atoms with E-state index in [9.17, 15) is 13.9 Å². The van der Waals surface area contributed by atoms with Crippen molar-refractivity contribution in [3.05, 3.63) is 29.8 Å². The van der Waals surface area contributed by atoms with Gasteiger partial charge in [0, 0.05) is 23.7 Å². The zero-order chi connectivity index (χ0) is 15.0. The van der Waals surface area contributed by atoms with Crippen LogP contribution in [0.15, 0.2) is 18.2 Å². The number of hydrogen-bond donors (Lipinski definition) is 2. The minimum Gasteiger partial charge on any atom is -0.493 e. The van der Waals surface area contributed by atoms with Crippen LogP contribution in [0.3, 0.4) is 0 Å². The Hall–Kier alpha value is -1.20. The van der Waals surface area contributed by atoms with E-state index < -0.39 is 11.6 Å². The molecule has 1 aromatic rings. The van der Waals surface area contributed by atoms with Crippen molar-refractivity contribution in [3.63, 3.8) is 0 Å². The highest BCUT2D eigenvalue weighted by molar-refractivity contribution is 5.23. The second-order valence-corrected chi connectivity index (χ2v) is 5.20. The van der Waals surface area contributed by atoms with Gasteiger partial charge in [-0.15, -0.1) is 0 Å². The minimum atomic E-state index is -0.648. The van der Waals surface area contributed by atoms with Crippen LogP contribution in [0.4, 0.5) is 8.78 Å². The highest BCUT2D eigenvalue weighted by atomic mass is 19.1. The van der Waals surface area contributed by atoms with E-state index in [1.807, 2.05) is 6.92 Å². The second kappa shape index (κ2) is 8.17. The van der Waals surface area contributed by atoms with Gasteiger partial charge in [0.15, 0.2) is 0 Å². The van der Waals surface area contributed by atoms with E-state index in [4.69, 9.17) is 4.74 Å². The summed E-state index contributed by atoms with van der Waals surface area (Å²) in [6.07, 6.45) is 2.40. The molecule has 0 aliphatic carbocycles. The predicted octanol–water partition coefficient (Wildman–Crippen LogP) is 2.87. The maximum Gasteiger partial charge on any atom is 0.129 e. The number of halogens is 2. The van der Waals surface area contributed by atoms with Crippen LogP contribution in [0.2, 0.25) is 0 Å². The summed E-state index contributed by atoms with van der Waals surface area (Å²) in [6.45, 7) is 5.25. The van der Waals surface area contributed by atoms with Crippen molar-refractivity contribution in [2.75, 3.05) is 19.8 Å². The van der Waals surface area contributed by atoms with E-state index in [1.54, 1.807) is 0 Å². The third-order valence-electron chi connectivity index (χ3n) is 3.13. The van der Waals surface area contributed by atoms with Crippen molar-refractivity contribution in [1.82, 2.24) is 5.32 Å². The van der Waals surface area contributed by atoms with Crippen molar-refractivity contribution in [1.29, 1.82) is 0 Å². The smallest absolute Gasteiger partial charge is 0.129 e. The van der Waals surface area contributed by atoms with Crippen molar-refractivity contribution < 1.29 is 18.6 Å². The molecule has 0 aliphatic heterocycles. The van der Waals surface area contributed by atoms with Gasteiger partial charge in [-0.05, 0) is 32.7 Å². The molecule has 3 nitrogen and oxygen atoms in total. The van der Waals surface area contributed by atoms with E-state index >= 15 is 0 Å². The fourth-order valence-electron chi connectivity index (χ4n) is 1.91. The Morgan fingerprint density at radius 2 is 1.90 bits per heavy atom. The number of aliphatic hydroxyl groups is 1. The molecule has 5 heteroatoms. The Labute approximate surface area is 119 Å². The van der Waals surface area contributed by atoms with Gasteiger partial charge in [-0.1, -0.05) is 6.92 Å². The zero-order valence-electron chi connectivity index (χ0n) is 12.1. The lowest BCUT2D eigenvalue weighted by atomic mass is 9.97. The summed E-state index contributed by atoms with van der Waals surface area (Å²) in [5, 5.41) is 12.7.